The van der Waals surface area contributed by atoms with Gasteiger partial charge in [0.25, 0.3) is 0 Å². The lowest BCUT2D eigenvalue weighted by Crippen LogP contribution is -2.63. The van der Waals surface area contributed by atoms with E-state index in [4.69, 9.17) is 9.84 Å². The summed E-state index contributed by atoms with van der Waals surface area (Å²) in [6, 6.07) is -0.199. The molecule has 1 unspecified atom stereocenters. The molecule has 0 spiro atoms. The summed E-state index contributed by atoms with van der Waals surface area (Å²) in [6.07, 6.45) is 5.77. The van der Waals surface area contributed by atoms with Crippen LogP contribution in [0.25, 0.3) is 0 Å². The third-order valence-electron chi connectivity index (χ3n) is 5.77. The van der Waals surface area contributed by atoms with Crippen molar-refractivity contribution >= 4 is 12.0 Å². The molecule has 2 rings (SSSR count). The van der Waals surface area contributed by atoms with E-state index in [2.05, 4.69) is 24.1 Å². The third-order valence-corrected chi connectivity index (χ3v) is 5.77. The van der Waals surface area contributed by atoms with E-state index < -0.39 is 11.9 Å². The van der Waals surface area contributed by atoms with E-state index in [0.29, 0.717) is 6.54 Å². The molecule has 1 aliphatic carbocycles. The van der Waals surface area contributed by atoms with Gasteiger partial charge in [0.05, 0.1) is 18.1 Å². The van der Waals surface area contributed by atoms with Gasteiger partial charge in [0.15, 0.2) is 0 Å². The highest BCUT2D eigenvalue weighted by Crippen LogP contribution is 2.36. The summed E-state index contributed by atoms with van der Waals surface area (Å²) in [4.78, 5) is 27.5. The second-order valence-corrected chi connectivity index (χ2v) is 8.59. The van der Waals surface area contributed by atoms with Crippen molar-refractivity contribution in [1.29, 1.82) is 0 Å². The van der Waals surface area contributed by atoms with Crippen LogP contribution in [0.1, 0.15) is 52.9 Å². The van der Waals surface area contributed by atoms with Gasteiger partial charge in [-0.3, -0.25) is 9.69 Å². The summed E-state index contributed by atoms with van der Waals surface area (Å²) in [6.45, 7) is 9.15. The smallest absolute Gasteiger partial charge is 0.317 e. The van der Waals surface area contributed by atoms with Crippen LogP contribution in [0.5, 0.6) is 0 Å². The van der Waals surface area contributed by atoms with Crippen molar-refractivity contribution in [3.8, 4) is 0 Å². The average Bonchev–Trinajstić information content (AvgIpc) is 2.59. The average molecular weight is 370 g/mol. The Morgan fingerprint density at radius 3 is 2.50 bits per heavy atom. The molecule has 0 aromatic carbocycles. The van der Waals surface area contributed by atoms with Gasteiger partial charge in [-0.1, -0.05) is 26.2 Å². The molecule has 0 bridgehead atoms. The fourth-order valence-electron chi connectivity index (χ4n) is 4.18. The number of carbonyl (C=O) groups excluding carboxylic acids is 1. The molecule has 1 saturated heterocycles. The molecule has 1 aliphatic heterocycles. The molecule has 26 heavy (non-hydrogen) atoms. The molecule has 2 N–H and O–H groups in total. The standard InChI is InChI=1S/C19H35N3O4/c1-15(16(23)24)12-21(4)17(25)20-13-19(8-6-5-7-9-19)22-10-11-26-18(2,3)14-22/h15H,5-14H2,1-4H3,(H,20,25)(H,23,24). The number of carboxylic acids is 1. The van der Waals surface area contributed by atoms with E-state index in [0.717, 1.165) is 32.5 Å². The number of ether oxygens (including phenoxy) is 1. The lowest BCUT2D eigenvalue weighted by molar-refractivity contribution is -0.141. The van der Waals surface area contributed by atoms with Crippen LogP contribution >= 0.6 is 0 Å². The monoisotopic (exact) mass is 369 g/mol. The Morgan fingerprint density at radius 2 is 1.92 bits per heavy atom. The first kappa shape index (κ1) is 21.0. The van der Waals surface area contributed by atoms with Crippen LogP contribution in [-0.4, -0.2) is 77.9 Å². The molecular weight excluding hydrogens is 334 g/mol. The first-order chi connectivity index (χ1) is 12.2. The van der Waals surface area contributed by atoms with E-state index in [1.54, 1.807) is 14.0 Å². The highest BCUT2D eigenvalue weighted by atomic mass is 16.5. The number of carboxylic acid groups (broad SMARTS) is 1. The molecule has 2 aliphatic rings. The minimum absolute atomic E-state index is 0.0196. The van der Waals surface area contributed by atoms with Crippen molar-refractivity contribution in [1.82, 2.24) is 15.1 Å². The van der Waals surface area contributed by atoms with Gasteiger partial charge >= 0.3 is 12.0 Å². The van der Waals surface area contributed by atoms with Crippen molar-refractivity contribution in [3.63, 3.8) is 0 Å². The van der Waals surface area contributed by atoms with Crippen LogP contribution in [0.2, 0.25) is 0 Å². The first-order valence-corrected chi connectivity index (χ1v) is 9.76. The van der Waals surface area contributed by atoms with E-state index in [-0.39, 0.29) is 23.7 Å². The van der Waals surface area contributed by atoms with Crippen molar-refractivity contribution in [3.05, 3.63) is 0 Å². The van der Waals surface area contributed by atoms with Crippen LogP contribution < -0.4 is 5.32 Å². The zero-order valence-corrected chi connectivity index (χ0v) is 16.7. The number of hydrogen-bond donors (Lipinski definition) is 2. The summed E-state index contributed by atoms with van der Waals surface area (Å²) in [5, 5.41) is 12.1. The van der Waals surface area contributed by atoms with Crippen molar-refractivity contribution < 1.29 is 19.4 Å². The van der Waals surface area contributed by atoms with Gasteiger partial charge in [0, 0.05) is 38.8 Å². The molecule has 150 valence electrons. The Balaban J connectivity index is 1.99. The van der Waals surface area contributed by atoms with Crippen LogP contribution in [0.3, 0.4) is 0 Å². The number of morpholine rings is 1. The van der Waals surface area contributed by atoms with Crippen molar-refractivity contribution in [2.45, 2.75) is 64.0 Å². The summed E-state index contributed by atoms with van der Waals surface area (Å²) < 4.78 is 5.87. The molecule has 2 fully saturated rings. The third kappa shape index (κ3) is 5.33. The van der Waals surface area contributed by atoms with Gasteiger partial charge < -0.3 is 20.1 Å². The molecule has 7 heteroatoms. The summed E-state index contributed by atoms with van der Waals surface area (Å²) in [5.74, 6) is -1.46. The van der Waals surface area contributed by atoms with Crippen molar-refractivity contribution in [2.24, 2.45) is 5.92 Å². The van der Waals surface area contributed by atoms with E-state index >= 15 is 0 Å². The molecule has 0 radical (unpaired) electrons. The number of rotatable bonds is 6. The Morgan fingerprint density at radius 1 is 1.27 bits per heavy atom. The zero-order chi connectivity index (χ0) is 19.4. The molecule has 2 amide bonds. The Hall–Kier alpha value is -1.34. The Kier molecular flexibility index (Phi) is 6.91. The normalized spacial score (nSPS) is 23.8. The van der Waals surface area contributed by atoms with Gasteiger partial charge in [0.2, 0.25) is 0 Å². The molecule has 1 saturated carbocycles. The predicted octanol–water partition coefficient (Wildman–Crippen LogP) is 2.16. The summed E-state index contributed by atoms with van der Waals surface area (Å²) >= 11 is 0. The fourth-order valence-corrected chi connectivity index (χ4v) is 4.18. The molecule has 0 aromatic rings. The molecular formula is C19H35N3O4. The number of amides is 2. The highest BCUT2D eigenvalue weighted by molar-refractivity contribution is 5.75. The number of urea groups is 1. The van der Waals surface area contributed by atoms with Crippen LogP contribution in [0.4, 0.5) is 4.79 Å². The van der Waals surface area contributed by atoms with Crippen LogP contribution in [0, 0.1) is 5.92 Å². The quantitative estimate of drug-likeness (QED) is 0.750. The van der Waals surface area contributed by atoms with Gasteiger partial charge in [-0.15, -0.1) is 0 Å². The molecule has 7 nitrogen and oxygen atoms in total. The second kappa shape index (κ2) is 8.57. The maximum absolute atomic E-state index is 12.5. The van der Waals surface area contributed by atoms with E-state index in [1.807, 2.05) is 0 Å². The van der Waals surface area contributed by atoms with Gasteiger partial charge in [-0.05, 0) is 26.7 Å². The van der Waals surface area contributed by atoms with Gasteiger partial charge in [0.1, 0.15) is 0 Å². The molecule has 0 aromatic heterocycles. The SMILES string of the molecule is CC(CN(C)C(=O)NCC1(N2CCOC(C)(C)C2)CCCCC1)C(=O)O. The maximum Gasteiger partial charge on any atom is 0.317 e. The van der Waals surface area contributed by atoms with Gasteiger partial charge in [-0.2, -0.15) is 0 Å². The van der Waals surface area contributed by atoms with Crippen LogP contribution in [-0.2, 0) is 9.53 Å². The Bertz CT molecular complexity index is 503. The van der Waals surface area contributed by atoms with E-state index in [9.17, 15) is 9.59 Å². The highest BCUT2D eigenvalue weighted by Gasteiger charge is 2.42. The zero-order valence-electron chi connectivity index (χ0n) is 16.7. The minimum atomic E-state index is -0.885. The maximum atomic E-state index is 12.5. The van der Waals surface area contributed by atoms with E-state index in [1.165, 1.54) is 24.2 Å². The topological polar surface area (TPSA) is 82.1 Å². The number of hydrogen-bond acceptors (Lipinski definition) is 4. The number of nitrogens with zero attached hydrogens (tertiary/aromatic N) is 2. The lowest BCUT2D eigenvalue weighted by atomic mass is 9.79. The van der Waals surface area contributed by atoms with Crippen LogP contribution in [0.15, 0.2) is 0 Å². The lowest BCUT2D eigenvalue weighted by Gasteiger charge is -2.51. The number of aliphatic carboxylic acids is 1. The van der Waals surface area contributed by atoms with Crippen molar-refractivity contribution in [2.75, 3.05) is 39.8 Å². The molecule has 1 heterocycles. The molecule has 1 atom stereocenters. The second-order valence-electron chi connectivity index (χ2n) is 8.59. The predicted molar refractivity (Wildman–Crippen MR) is 100 cm³/mol. The summed E-state index contributed by atoms with van der Waals surface area (Å²) in [7, 11) is 1.65. The van der Waals surface area contributed by atoms with Gasteiger partial charge in [-0.25, -0.2) is 4.79 Å². The first-order valence-electron chi connectivity index (χ1n) is 9.76. The fraction of sp³-hybridized carbons (Fsp3) is 0.895. The summed E-state index contributed by atoms with van der Waals surface area (Å²) in [5.41, 5.74) is -0.186. The minimum Gasteiger partial charge on any atom is -0.481 e. The largest absolute Gasteiger partial charge is 0.481 e. The number of nitrogens with one attached hydrogen (secondary N) is 1. The number of carbonyl (C=O) groups is 2. The Labute approximate surface area is 157 Å².